The number of nitrogens with zero attached hydrogens (tertiary/aromatic N) is 2. The Bertz CT molecular complexity index is 780. The van der Waals surface area contributed by atoms with Crippen molar-refractivity contribution in [3.8, 4) is 17.3 Å². The van der Waals surface area contributed by atoms with Gasteiger partial charge in [-0.05, 0) is 36.8 Å². The molecule has 1 heterocycles. The number of rotatable bonds is 1. The van der Waals surface area contributed by atoms with Crippen LogP contribution in [-0.4, -0.2) is 4.98 Å². The lowest BCUT2D eigenvalue weighted by Crippen LogP contribution is -1.88. The predicted molar refractivity (Wildman–Crippen MR) is 76.6 cm³/mol. The molecular weight excluding hydrogens is 232 g/mol. The third-order valence-corrected chi connectivity index (χ3v) is 3.23. The van der Waals surface area contributed by atoms with Gasteiger partial charge in [0.15, 0.2) is 0 Å². The summed E-state index contributed by atoms with van der Waals surface area (Å²) >= 11 is 0. The Hall–Kier alpha value is -2.66. The van der Waals surface area contributed by atoms with Crippen molar-refractivity contribution >= 4 is 10.9 Å². The molecule has 0 amide bonds. The van der Waals surface area contributed by atoms with Crippen molar-refractivity contribution in [1.82, 2.24) is 4.98 Å². The van der Waals surface area contributed by atoms with Crippen molar-refractivity contribution in [3.63, 3.8) is 0 Å². The molecule has 0 fully saturated rings. The summed E-state index contributed by atoms with van der Waals surface area (Å²) in [4.78, 5) is 4.68. The molecule has 0 spiro atoms. The molecular formula is C17H12N2. The maximum Gasteiger partial charge on any atom is 0.0991 e. The van der Waals surface area contributed by atoms with E-state index in [9.17, 15) is 0 Å². The summed E-state index contributed by atoms with van der Waals surface area (Å²) in [6, 6.07) is 19.9. The molecule has 0 bridgehead atoms. The molecule has 0 aliphatic heterocycles. The molecule has 3 aromatic rings. The predicted octanol–water partition coefficient (Wildman–Crippen LogP) is 4.08. The molecule has 2 nitrogen and oxygen atoms in total. The van der Waals surface area contributed by atoms with Crippen LogP contribution in [0, 0.1) is 18.3 Å². The van der Waals surface area contributed by atoms with Gasteiger partial charge in [-0.25, -0.2) is 4.98 Å². The maximum atomic E-state index is 8.82. The van der Waals surface area contributed by atoms with E-state index in [1.165, 1.54) is 10.9 Å². The largest absolute Gasteiger partial charge is 0.248 e. The second-order valence-corrected chi connectivity index (χ2v) is 4.53. The minimum Gasteiger partial charge on any atom is -0.248 e. The summed E-state index contributed by atoms with van der Waals surface area (Å²) in [6.07, 6.45) is 0. The summed E-state index contributed by atoms with van der Waals surface area (Å²) in [5, 5.41) is 10.00. The van der Waals surface area contributed by atoms with E-state index in [2.05, 4.69) is 30.1 Å². The van der Waals surface area contributed by atoms with Crippen LogP contribution in [-0.2, 0) is 0 Å². The standard InChI is InChI=1S/C17H12N2/c1-12-10-17(14-8-6-13(11-18)7-9-14)19-16-5-3-2-4-15(12)16/h2-10H,1H3. The van der Waals surface area contributed by atoms with E-state index in [-0.39, 0.29) is 0 Å². The molecule has 0 saturated carbocycles. The number of para-hydroxylation sites is 1. The summed E-state index contributed by atoms with van der Waals surface area (Å²) in [5.41, 5.74) is 4.86. The number of hydrogen-bond donors (Lipinski definition) is 0. The van der Waals surface area contributed by atoms with E-state index >= 15 is 0 Å². The maximum absolute atomic E-state index is 8.82. The van der Waals surface area contributed by atoms with Crippen LogP contribution in [0.2, 0.25) is 0 Å². The molecule has 90 valence electrons. The van der Waals surface area contributed by atoms with Gasteiger partial charge in [0.25, 0.3) is 0 Å². The topological polar surface area (TPSA) is 36.7 Å². The SMILES string of the molecule is Cc1cc(-c2ccc(C#N)cc2)nc2ccccc12. The summed E-state index contributed by atoms with van der Waals surface area (Å²) in [7, 11) is 0. The van der Waals surface area contributed by atoms with Gasteiger partial charge in [0, 0.05) is 10.9 Å². The highest BCUT2D eigenvalue weighted by Crippen LogP contribution is 2.24. The van der Waals surface area contributed by atoms with Gasteiger partial charge >= 0.3 is 0 Å². The average Bonchev–Trinajstić information content (AvgIpc) is 2.47. The molecule has 0 unspecified atom stereocenters. The van der Waals surface area contributed by atoms with Crippen LogP contribution in [0.3, 0.4) is 0 Å². The van der Waals surface area contributed by atoms with Crippen LogP contribution in [0.4, 0.5) is 0 Å². The molecule has 0 radical (unpaired) electrons. The lowest BCUT2D eigenvalue weighted by molar-refractivity contribution is 1.36. The molecule has 0 N–H and O–H groups in total. The van der Waals surface area contributed by atoms with E-state index in [0.717, 1.165) is 16.8 Å². The molecule has 3 rings (SSSR count). The number of nitriles is 1. The zero-order chi connectivity index (χ0) is 13.2. The lowest BCUT2D eigenvalue weighted by atomic mass is 10.0. The molecule has 0 aliphatic carbocycles. The summed E-state index contributed by atoms with van der Waals surface area (Å²) in [5.74, 6) is 0. The first-order valence-electron chi connectivity index (χ1n) is 6.15. The van der Waals surface area contributed by atoms with Crippen LogP contribution in [0.15, 0.2) is 54.6 Å². The molecule has 0 atom stereocenters. The fraction of sp³-hybridized carbons (Fsp3) is 0.0588. The average molecular weight is 244 g/mol. The van der Waals surface area contributed by atoms with Gasteiger partial charge in [-0.1, -0.05) is 30.3 Å². The minimum atomic E-state index is 0.668. The van der Waals surface area contributed by atoms with Gasteiger partial charge in [0.1, 0.15) is 0 Å². The fourth-order valence-electron chi connectivity index (χ4n) is 2.21. The van der Waals surface area contributed by atoms with Crippen molar-refractivity contribution in [1.29, 1.82) is 5.26 Å². The van der Waals surface area contributed by atoms with E-state index in [1.54, 1.807) is 0 Å². The van der Waals surface area contributed by atoms with Gasteiger partial charge in [-0.15, -0.1) is 0 Å². The molecule has 2 aromatic carbocycles. The highest BCUT2D eigenvalue weighted by molar-refractivity contribution is 5.84. The number of fused-ring (bicyclic) bond motifs is 1. The number of aryl methyl sites for hydroxylation is 1. The van der Waals surface area contributed by atoms with Crippen LogP contribution in [0.5, 0.6) is 0 Å². The van der Waals surface area contributed by atoms with Gasteiger partial charge in [0.2, 0.25) is 0 Å². The molecule has 2 heteroatoms. The smallest absolute Gasteiger partial charge is 0.0991 e. The third kappa shape index (κ3) is 2.07. The van der Waals surface area contributed by atoms with Gasteiger partial charge < -0.3 is 0 Å². The van der Waals surface area contributed by atoms with Crippen molar-refractivity contribution < 1.29 is 0 Å². The van der Waals surface area contributed by atoms with E-state index in [0.29, 0.717) is 5.56 Å². The normalized spacial score (nSPS) is 10.3. The zero-order valence-electron chi connectivity index (χ0n) is 10.6. The van der Waals surface area contributed by atoms with E-state index in [4.69, 9.17) is 5.26 Å². The summed E-state index contributed by atoms with van der Waals surface area (Å²) < 4.78 is 0. The van der Waals surface area contributed by atoms with Gasteiger partial charge in [0.05, 0.1) is 22.8 Å². The number of benzene rings is 2. The van der Waals surface area contributed by atoms with Gasteiger partial charge in [-0.2, -0.15) is 5.26 Å². The van der Waals surface area contributed by atoms with Crippen LogP contribution in [0.1, 0.15) is 11.1 Å². The first-order chi connectivity index (χ1) is 9.28. The van der Waals surface area contributed by atoms with Crippen molar-refractivity contribution in [2.24, 2.45) is 0 Å². The van der Waals surface area contributed by atoms with Crippen LogP contribution < -0.4 is 0 Å². The number of hydrogen-bond acceptors (Lipinski definition) is 2. The van der Waals surface area contributed by atoms with Crippen LogP contribution >= 0.6 is 0 Å². The monoisotopic (exact) mass is 244 g/mol. The van der Waals surface area contributed by atoms with Crippen molar-refractivity contribution in [2.45, 2.75) is 6.92 Å². The second-order valence-electron chi connectivity index (χ2n) is 4.53. The molecule has 19 heavy (non-hydrogen) atoms. The Morgan fingerprint density at radius 3 is 2.47 bits per heavy atom. The molecule has 1 aromatic heterocycles. The van der Waals surface area contributed by atoms with Gasteiger partial charge in [-0.3, -0.25) is 0 Å². The first kappa shape index (κ1) is 11.4. The lowest BCUT2D eigenvalue weighted by Gasteiger charge is -2.06. The Labute approximate surface area is 112 Å². The Balaban J connectivity index is 2.17. The Morgan fingerprint density at radius 2 is 1.74 bits per heavy atom. The fourth-order valence-corrected chi connectivity index (χ4v) is 2.21. The minimum absolute atomic E-state index is 0.668. The molecule has 0 saturated heterocycles. The Kier molecular flexibility index (Phi) is 2.74. The molecule has 0 aliphatic rings. The Morgan fingerprint density at radius 1 is 1.00 bits per heavy atom. The van der Waals surface area contributed by atoms with Crippen molar-refractivity contribution in [2.75, 3.05) is 0 Å². The highest BCUT2D eigenvalue weighted by atomic mass is 14.7. The van der Waals surface area contributed by atoms with Crippen molar-refractivity contribution in [3.05, 3.63) is 65.7 Å². The summed E-state index contributed by atoms with van der Waals surface area (Å²) in [6.45, 7) is 2.09. The number of pyridine rings is 1. The van der Waals surface area contributed by atoms with E-state index < -0.39 is 0 Å². The zero-order valence-corrected chi connectivity index (χ0v) is 10.6. The number of aromatic nitrogens is 1. The quantitative estimate of drug-likeness (QED) is 0.646. The first-order valence-corrected chi connectivity index (χ1v) is 6.15. The highest BCUT2D eigenvalue weighted by Gasteiger charge is 2.04. The van der Waals surface area contributed by atoms with E-state index in [1.807, 2.05) is 42.5 Å². The second kappa shape index (κ2) is 4.55. The third-order valence-electron chi connectivity index (χ3n) is 3.23. The van der Waals surface area contributed by atoms with Crippen LogP contribution in [0.25, 0.3) is 22.2 Å².